The lowest BCUT2D eigenvalue weighted by Gasteiger charge is -2.04. The van der Waals surface area contributed by atoms with E-state index >= 15 is 0 Å². The van der Waals surface area contributed by atoms with Gasteiger partial charge in [-0.3, -0.25) is 4.40 Å². The van der Waals surface area contributed by atoms with E-state index < -0.39 is 17.8 Å². The van der Waals surface area contributed by atoms with Gasteiger partial charge >= 0.3 is 11.9 Å². The molecule has 106 valence electrons. The predicted octanol–water partition coefficient (Wildman–Crippen LogP) is 1.39. The van der Waals surface area contributed by atoms with Crippen LogP contribution in [-0.4, -0.2) is 39.6 Å². The predicted molar refractivity (Wildman–Crippen MR) is 68.8 cm³/mol. The van der Waals surface area contributed by atoms with Crippen molar-refractivity contribution in [1.29, 1.82) is 0 Å². The van der Waals surface area contributed by atoms with Crippen molar-refractivity contribution >= 4 is 17.6 Å². The number of rotatable bonds is 4. The molecule has 0 bridgehead atoms. The van der Waals surface area contributed by atoms with Gasteiger partial charge in [0.2, 0.25) is 5.88 Å². The Morgan fingerprint density at radius 2 is 1.90 bits per heavy atom. The molecular formula is C13H14N2O5. The quantitative estimate of drug-likeness (QED) is 0.850. The minimum atomic E-state index is -0.710. The average molecular weight is 278 g/mol. The molecule has 0 atom stereocenters. The lowest BCUT2D eigenvalue weighted by Crippen LogP contribution is -2.10. The van der Waals surface area contributed by atoms with E-state index in [1.54, 1.807) is 19.9 Å². The Bertz CT molecular complexity index is 662. The van der Waals surface area contributed by atoms with E-state index in [1.807, 2.05) is 0 Å². The molecule has 0 fully saturated rings. The second-order valence-electron chi connectivity index (χ2n) is 3.84. The van der Waals surface area contributed by atoms with E-state index in [-0.39, 0.29) is 30.1 Å². The summed E-state index contributed by atoms with van der Waals surface area (Å²) in [6.45, 7) is 3.73. The van der Waals surface area contributed by atoms with E-state index in [9.17, 15) is 14.7 Å². The van der Waals surface area contributed by atoms with Crippen molar-refractivity contribution in [2.75, 3.05) is 13.2 Å². The Labute approximate surface area is 114 Å². The SMILES string of the molecule is CCOC(=O)c1cccn2c(C(=O)OCC)c(O)nc12. The first-order valence-corrected chi connectivity index (χ1v) is 6.14. The third-order valence-corrected chi connectivity index (χ3v) is 2.60. The van der Waals surface area contributed by atoms with Crippen LogP contribution in [-0.2, 0) is 9.47 Å². The molecule has 0 spiro atoms. The molecule has 0 unspecified atom stereocenters. The van der Waals surface area contributed by atoms with Gasteiger partial charge in [0.15, 0.2) is 11.3 Å². The van der Waals surface area contributed by atoms with Crippen molar-refractivity contribution in [2.45, 2.75) is 13.8 Å². The zero-order valence-corrected chi connectivity index (χ0v) is 11.1. The van der Waals surface area contributed by atoms with Crippen LogP contribution in [0.1, 0.15) is 34.7 Å². The van der Waals surface area contributed by atoms with Crippen LogP contribution in [0.4, 0.5) is 0 Å². The van der Waals surface area contributed by atoms with E-state index in [0.29, 0.717) is 0 Å². The maximum atomic E-state index is 11.8. The Morgan fingerprint density at radius 3 is 2.55 bits per heavy atom. The molecule has 7 heteroatoms. The molecule has 0 saturated heterocycles. The minimum Gasteiger partial charge on any atom is -0.492 e. The largest absolute Gasteiger partial charge is 0.492 e. The number of nitrogens with zero attached hydrogens (tertiary/aromatic N) is 2. The Morgan fingerprint density at radius 1 is 1.25 bits per heavy atom. The first-order chi connectivity index (χ1) is 9.60. The third kappa shape index (κ3) is 2.29. The van der Waals surface area contributed by atoms with Crippen LogP contribution < -0.4 is 0 Å². The normalized spacial score (nSPS) is 10.5. The maximum Gasteiger partial charge on any atom is 0.361 e. The topological polar surface area (TPSA) is 90.1 Å². The van der Waals surface area contributed by atoms with Crippen LogP contribution in [0.15, 0.2) is 18.3 Å². The van der Waals surface area contributed by atoms with Crippen molar-refractivity contribution in [3.05, 3.63) is 29.6 Å². The molecule has 1 N–H and O–H groups in total. The zero-order valence-electron chi connectivity index (χ0n) is 11.1. The molecule has 2 heterocycles. The van der Waals surface area contributed by atoms with Crippen LogP contribution >= 0.6 is 0 Å². The number of carbonyl (C=O) groups is 2. The molecule has 0 aliphatic carbocycles. The molecule has 0 saturated carbocycles. The van der Waals surface area contributed by atoms with Gasteiger partial charge in [0.1, 0.15) is 5.56 Å². The minimum absolute atomic E-state index is 0.118. The van der Waals surface area contributed by atoms with Gasteiger partial charge in [0, 0.05) is 6.20 Å². The number of ether oxygens (including phenoxy) is 2. The van der Waals surface area contributed by atoms with E-state index in [2.05, 4.69) is 4.98 Å². The van der Waals surface area contributed by atoms with Crippen LogP contribution in [0.25, 0.3) is 5.65 Å². The number of hydrogen-bond acceptors (Lipinski definition) is 6. The van der Waals surface area contributed by atoms with Gasteiger partial charge < -0.3 is 14.6 Å². The molecule has 7 nitrogen and oxygen atoms in total. The summed E-state index contributed by atoms with van der Waals surface area (Å²) in [6.07, 6.45) is 1.51. The summed E-state index contributed by atoms with van der Waals surface area (Å²) in [5.41, 5.74) is 0.194. The standard InChI is InChI=1S/C13H14N2O5/c1-3-19-12(17)8-6-5-7-15-9(13(18)20-4-2)11(16)14-10(8)15/h5-7,16H,3-4H2,1-2H3. The van der Waals surface area contributed by atoms with Gasteiger partial charge in [-0.25, -0.2) is 9.59 Å². The Balaban J connectivity index is 2.58. The van der Waals surface area contributed by atoms with Crippen LogP contribution in [0, 0.1) is 0 Å². The number of aromatic hydroxyl groups is 1. The van der Waals surface area contributed by atoms with Gasteiger partial charge in [-0.15, -0.1) is 0 Å². The van der Waals surface area contributed by atoms with Crippen LogP contribution in [0.3, 0.4) is 0 Å². The summed E-state index contributed by atoms with van der Waals surface area (Å²) in [5, 5.41) is 9.78. The fourth-order valence-corrected chi connectivity index (χ4v) is 1.81. The van der Waals surface area contributed by atoms with Crippen LogP contribution in [0.5, 0.6) is 5.88 Å². The zero-order chi connectivity index (χ0) is 14.7. The van der Waals surface area contributed by atoms with E-state index in [0.717, 1.165) is 0 Å². The van der Waals surface area contributed by atoms with E-state index in [1.165, 1.54) is 16.7 Å². The second kappa shape index (κ2) is 5.60. The highest BCUT2D eigenvalue weighted by Gasteiger charge is 2.23. The molecular weight excluding hydrogens is 264 g/mol. The molecule has 0 aromatic carbocycles. The smallest absolute Gasteiger partial charge is 0.361 e. The summed E-state index contributed by atoms with van der Waals surface area (Å²) in [6, 6.07) is 3.07. The second-order valence-corrected chi connectivity index (χ2v) is 3.84. The number of pyridine rings is 1. The van der Waals surface area contributed by atoms with Gasteiger partial charge in [-0.1, -0.05) is 0 Å². The summed E-state index contributed by atoms with van der Waals surface area (Å²) >= 11 is 0. The van der Waals surface area contributed by atoms with E-state index in [4.69, 9.17) is 9.47 Å². The van der Waals surface area contributed by atoms with Gasteiger partial charge in [0.05, 0.1) is 13.2 Å². The number of carbonyl (C=O) groups excluding carboxylic acids is 2. The number of aromatic nitrogens is 2. The van der Waals surface area contributed by atoms with Crippen molar-refractivity contribution in [3.63, 3.8) is 0 Å². The molecule has 0 amide bonds. The monoisotopic (exact) mass is 278 g/mol. The summed E-state index contributed by atoms with van der Waals surface area (Å²) in [4.78, 5) is 27.4. The lowest BCUT2D eigenvalue weighted by atomic mass is 10.2. The first kappa shape index (κ1) is 13.9. The van der Waals surface area contributed by atoms with Crippen molar-refractivity contribution < 1.29 is 24.2 Å². The highest BCUT2D eigenvalue weighted by atomic mass is 16.5. The highest BCUT2D eigenvalue weighted by Crippen LogP contribution is 2.22. The summed E-state index contributed by atoms with van der Waals surface area (Å²) < 4.78 is 11.1. The van der Waals surface area contributed by atoms with Crippen LogP contribution in [0.2, 0.25) is 0 Å². The van der Waals surface area contributed by atoms with Gasteiger partial charge in [-0.2, -0.15) is 4.98 Å². The molecule has 2 aromatic rings. The Hall–Kier alpha value is -2.57. The number of esters is 2. The van der Waals surface area contributed by atoms with Crippen molar-refractivity contribution in [1.82, 2.24) is 9.38 Å². The number of hydrogen-bond donors (Lipinski definition) is 1. The average Bonchev–Trinajstić information content (AvgIpc) is 2.74. The molecule has 0 aliphatic heterocycles. The highest BCUT2D eigenvalue weighted by molar-refractivity contribution is 5.98. The number of imidazole rings is 1. The molecule has 0 radical (unpaired) electrons. The van der Waals surface area contributed by atoms with Crippen molar-refractivity contribution in [3.8, 4) is 5.88 Å². The van der Waals surface area contributed by atoms with Gasteiger partial charge in [0.25, 0.3) is 0 Å². The van der Waals surface area contributed by atoms with Gasteiger partial charge in [-0.05, 0) is 26.0 Å². The maximum absolute atomic E-state index is 11.8. The third-order valence-electron chi connectivity index (χ3n) is 2.60. The molecule has 2 aromatic heterocycles. The molecule has 2 rings (SSSR count). The molecule has 0 aliphatic rings. The fourth-order valence-electron chi connectivity index (χ4n) is 1.81. The number of fused-ring (bicyclic) bond motifs is 1. The summed E-state index contributed by atoms with van der Waals surface area (Å²) in [5.74, 6) is -1.77. The molecule has 20 heavy (non-hydrogen) atoms. The first-order valence-electron chi connectivity index (χ1n) is 6.14. The summed E-state index contributed by atoms with van der Waals surface area (Å²) in [7, 11) is 0. The van der Waals surface area contributed by atoms with Crippen molar-refractivity contribution in [2.24, 2.45) is 0 Å². The lowest BCUT2D eigenvalue weighted by molar-refractivity contribution is 0.0506. The fraction of sp³-hybridized carbons (Fsp3) is 0.308. The Kier molecular flexibility index (Phi) is 3.88.